The summed E-state index contributed by atoms with van der Waals surface area (Å²) in [5.41, 5.74) is 0. The SMILES string of the molecule is CCC[C](=O)[Al]([O]C(C)C)[O]C(C)C. The second kappa shape index (κ2) is 7.42. The van der Waals surface area contributed by atoms with Crippen LogP contribution in [0.25, 0.3) is 0 Å². The predicted molar refractivity (Wildman–Crippen MR) is 58.1 cm³/mol. The monoisotopic (exact) mass is 216 g/mol. The van der Waals surface area contributed by atoms with Crippen molar-refractivity contribution in [1.82, 2.24) is 0 Å². The van der Waals surface area contributed by atoms with Crippen molar-refractivity contribution < 1.29 is 12.4 Å². The molecule has 0 amide bonds. The Kier molecular flexibility index (Phi) is 7.48. The van der Waals surface area contributed by atoms with Gasteiger partial charge >= 0.3 is 14.8 Å². The molecule has 0 radical (unpaired) electrons. The van der Waals surface area contributed by atoms with E-state index < -0.39 is 14.8 Å². The van der Waals surface area contributed by atoms with Gasteiger partial charge in [-0.3, -0.25) is 0 Å². The molecule has 0 rings (SSSR count). The van der Waals surface area contributed by atoms with Gasteiger partial charge in [-0.05, 0) is 34.1 Å². The highest BCUT2D eigenvalue weighted by molar-refractivity contribution is 6.80. The van der Waals surface area contributed by atoms with E-state index in [-0.39, 0.29) is 16.9 Å². The fourth-order valence-corrected chi connectivity index (χ4v) is 2.92. The van der Waals surface area contributed by atoms with Crippen LogP contribution in [0.5, 0.6) is 0 Å². The van der Waals surface area contributed by atoms with Gasteiger partial charge in [-0.1, -0.05) is 13.3 Å². The van der Waals surface area contributed by atoms with Crippen molar-refractivity contribution in [3.8, 4) is 0 Å². The Balaban J connectivity index is 4.15. The highest BCUT2D eigenvalue weighted by Crippen LogP contribution is 2.04. The zero-order chi connectivity index (χ0) is 11.1. The van der Waals surface area contributed by atoms with Gasteiger partial charge < -0.3 is 12.4 Å². The summed E-state index contributed by atoms with van der Waals surface area (Å²) < 4.78 is 11.3. The molecule has 4 heteroatoms. The molecule has 0 saturated heterocycles. The summed E-state index contributed by atoms with van der Waals surface area (Å²) in [6.45, 7) is 9.73. The molecule has 82 valence electrons. The maximum Gasteiger partial charge on any atom is 0.758 e. The van der Waals surface area contributed by atoms with Crippen LogP contribution < -0.4 is 0 Å². The van der Waals surface area contributed by atoms with Gasteiger partial charge in [0, 0.05) is 12.2 Å². The van der Waals surface area contributed by atoms with E-state index in [0.29, 0.717) is 6.42 Å². The second-order valence-electron chi connectivity index (χ2n) is 3.92. The van der Waals surface area contributed by atoms with Crippen LogP contribution in [0.1, 0.15) is 47.5 Å². The quantitative estimate of drug-likeness (QED) is 0.612. The minimum atomic E-state index is -2.10. The van der Waals surface area contributed by atoms with Crippen LogP contribution in [0.3, 0.4) is 0 Å². The van der Waals surface area contributed by atoms with Crippen molar-refractivity contribution in [3.63, 3.8) is 0 Å². The Morgan fingerprint density at radius 1 is 1.14 bits per heavy atom. The lowest BCUT2D eigenvalue weighted by molar-refractivity contribution is -0.115. The van der Waals surface area contributed by atoms with E-state index >= 15 is 0 Å². The molecule has 0 fully saturated rings. The van der Waals surface area contributed by atoms with Gasteiger partial charge in [0.05, 0.1) is 0 Å². The Labute approximate surface area is 91.8 Å². The van der Waals surface area contributed by atoms with Gasteiger partial charge in [0.2, 0.25) is 0 Å². The van der Waals surface area contributed by atoms with E-state index in [4.69, 9.17) is 7.58 Å². The first kappa shape index (κ1) is 14.1. The zero-order valence-electron chi connectivity index (χ0n) is 9.87. The van der Waals surface area contributed by atoms with Crippen molar-refractivity contribution in [2.75, 3.05) is 0 Å². The Morgan fingerprint density at radius 2 is 1.57 bits per heavy atom. The van der Waals surface area contributed by atoms with Crippen LogP contribution in [-0.2, 0) is 12.4 Å². The average Bonchev–Trinajstić information content (AvgIpc) is 2.01. The topological polar surface area (TPSA) is 35.5 Å². The summed E-state index contributed by atoms with van der Waals surface area (Å²) in [7, 11) is 0. The molecule has 0 N–H and O–H groups in total. The normalized spacial score (nSPS) is 11.1. The molecule has 0 spiro atoms. The maximum absolute atomic E-state index is 11.6. The first-order chi connectivity index (χ1) is 6.47. The largest absolute Gasteiger partial charge is 0.758 e. The molecule has 3 nitrogen and oxygen atoms in total. The third-order valence-corrected chi connectivity index (χ3v) is 3.95. The van der Waals surface area contributed by atoms with Crippen LogP contribution in [0.15, 0.2) is 0 Å². The van der Waals surface area contributed by atoms with Crippen molar-refractivity contribution in [2.24, 2.45) is 0 Å². The molecule has 0 aliphatic heterocycles. The summed E-state index contributed by atoms with van der Waals surface area (Å²) >= 11 is -2.10. The van der Waals surface area contributed by atoms with Crippen molar-refractivity contribution in [2.45, 2.75) is 59.7 Å². The minimum absolute atomic E-state index is 0.0752. The van der Waals surface area contributed by atoms with E-state index in [1.165, 1.54) is 0 Å². The summed E-state index contributed by atoms with van der Waals surface area (Å²) in [6.07, 6.45) is 1.60. The highest BCUT2D eigenvalue weighted by atomic mass is 27.2. The van der Waals surface area contributed by atoms with Crippen molar-refractivity contribution in [3.05, 3.63) is 0 Å². The summed E-state index contributed by atoms with van der Waals surface area (Å²) in [4.78, 5) is 11.6. The van der Waals surface area contributed by atoms with E-state index in [2.05, 4.69) is 0 Å². The summed E-state index contributed by atoms with van der Waals surface area (Å²) in [5.74, 6) is 0. The van der Waals surface area contributed by atoms with Gasteiger partial charge in [-0.25, -0.2) is 0 Å². The molecule has 0 unspecified atom stereocenters. The summed E-state index contributed by atoms with van der Waals surface area (Å²) in [6, 6.07) is 0. The fraction of sp³-hybridized carbons (Fsp3) is 0.900. The average molecular weight is 216 g/mol. The number of carbonyl (C=O) groups is 1. The smallest absolute Gasteiger partial charge is 0.471 e. The van der Waals surface area contributed by atoms with E-state index in [0.717, 1.165) is 6.42 Å². The van der Waals surface area contributed by atoms with E-state index in [9.17, 15) is 4.79 Å². The van der Waals surface area contributed by atoms with Gasteiger partial charge in [-0.2, -0.15) is 0 Å². The fourth-order valence-electron chi connectivity index (χ4n) is 1.04. The predicted octanol–water partition coefficient (Wildman–Crippen LogP) is 2.23. The van der Waals surface area contributed by atoms with Crippen LogP contribution in [0, 0.1) is 0 Å². The molecule has 0 heterocycles. The lowest BCUT2D eigenvalue weighted by atomic mass is 10.4. The van der Waals surface area contributed by atoms with Gasteiger partial charge in [0.15, 0.2) is 0 Å². The van der Waals surface area contributed by atoms with Gasteiger partial charge in [-0.15, -0.1) is 0 Å². The van der Waals surface area contributed by atoms with Crippen LogP contribution >= 0.6 is 0 Å². The maximum atomic E-state index is 11.6. The standard InChI is InChI=1S/C4H7O.2C3H7O.Al/c1-2-3-4-5;2*1-3(2)4;/h2-3H2,1H3;2*3H,1-2H3;/q;2*-1;+2. The van der Waals surface area contributed by atoms with E-state index in [1.54, 1.807) is 0 Å². The highest BCUT2D eigenvalue weighted by Gasteiger charge is 2.36. The molecule has 0 aromatic rings. The molecule has 0 aliphatic carbocycles. The third kappa shape index (κ3) is 6.56. The lowest BCUT2D eigenvalue weighted by Gasteiger charge is -2.17. The number of hydrogen-bond acceptors (Lipinski definition) is 3. The molecule has 14 heavy (non-hydrogen) atoms. The molecule has 0 atom stereocenters. The third-order valence-electron chi connectivity index (χ3n) is 1.55. The number of rotatable bonds is 7. The second-order valence-corrected chi connectivity index (χ2v) is 5.77. The van der Waals surface area contributed by atoms with Crippen LogP contribution in [0.4, 0.5) is 0 Å². The Bertz CT molecular complexity index is 159. The number of carbonyl (C=O) groups excluding carboxylic acids is 1. The first-order valence-corrected chi connectivity index (χ1v) is 6.83. The van der Waals surface area contributed by atoms with Crippen LogP contribution in [-0.4, -0.2) is 31.7 Å². The first-order valence-electron chi connectivity index (χ1n) is 5.31. The van der Waals surface area contributed by atoms with Crippen molar-refractivity contribution in [1.29, 1.82) is 0 Å². The number of hydrogen-bond donors (Lipinski definition) is 0. The van der Waals surface area contributed by atoms with E-state index in [1.807, 2.05) is 34.6 Å². The van der Waals surface area contributed by atoms with Crippen molar-refractivity contribution >= 4 is 19.5 Å². The molecular weight excluding hydrogens is 195 g/mol. The minimum Gasteiger partial charge on any atom is -0.471 e. The lowest BCUT2D eigenvalue weighted by Crippen LogP contribution is -2.37. The van der Waals surface area contributed by atoms with Crippen LogP contribution in [0.2, 0.25) is 0 Å². The Morgan fingerprint density at radius 3 is 1.86 bits per heavy atom. The Hall–Kier alpha value is 0.122. The molecule has 0 bridgehead atoms. The molecular formula is C10H21AlO3. The molecule has 0 saturated carbocycles. The molecule has 0 aromatic heterocycles. The summed E-state index contributed by atoms with van der Waals surface area (Å²) in [5, 5.41) is 0. The zero-order valence-corrected chi connectivity index (χ0v) is 11.0. The van der Waals surface area contributed by atoms with Gasteiger partial charge in [0.25, 0.3) is 0 Å². The molecule has 0 aliphatic rings. The molecule has 0 aromatic carbocycles. The van der Waals surface area contributed by atoms with Gasteiger partial charge in [0.1, 0.15) is 4.65 Å².